The van der Waals surface area contributed by atoms with Gasteiger partial charge in [0.05, 0.1) is 0 Å². The highest BCUT2D eigenvalue weighted by molar-refractivity contribution is 7.99. The highest BCUT2D eigenvalue weighted by Crippen LogP contribution is 2.27. The maximum atomic E-state index is 9.32. The fourth-order valence-corrected chi connectivity index (χ4v) is 2.65. The number of aromatic nitrogens is 5. The summed E-state index contributed by atoms with van der Waals surface area (Å²) in [6.07, 6.45) is 2.72. The molecular weight excluding hydrogens is 286 g/mol. The Kier molecular flexibility index (Phi) is 4.95. The Morgan fingerprint density at radius 2 is 2.05 bits per heavy atom. The smallest absolute Gasteiger partial charge is 0.197 e. The quantitative estimate of drug-likeness (QED) is 0.855. The lowest BCUT2D eigenvalue weighted by Crippen LogP contribution is -2.16. The summed E-state index contributed by atoms with van der Waals surface area (Å²) in [6.45, 7) is 9.01. The molecule has 0 aliphatic carbocycles. The molecule has 0 saturated carbocycles. The summed E-state index contributed by atoms with van der Waals surface area (Å²) in [4.78, 5) is 8.91. The van der Waals surface area contributed by atoms with Crippen molar-refractivity contribution in [2.45, 2.75) is 62.9 Å². The molecule has 0 unspecified atom stereocenters. The van der Waals surface area contributed by atoms with E-state index in [0.29, 0.717) is 5.82 Å². The summed E-state index contributed by atoms with van der Waals surface area (Å²) in [6, 6.07) is 1.86. The van der Waals surface area contributed by atoms with E-state index >= 15 is 0 Å². The zero-order valence-corrected chi connectivity index (χ0v) is 13.7. The van der Waals surface area contributed by atoms with Crippen molar-refractivity contribution in [3.8, 4) is 0 Å². The van der Waals surface area contributed by atoms with Crippen LogP contribution in [0.1, 0.15) is 45.8 Å². The van der Waals surface area contributed by atoms with Gasteiger partial charge in [0.1, 0.15) is 17.5 Å². The minimum atomic E-state index is -0.107. The lowest BCUT2D eigenvalue weighted by Gasteiger charge is -2.16. The van der Waals surface area contributed by atoms with Crippen LogP contribution in [0.3, 0.4) is 0 Å². The number of rotatable bonds is 5. The molecule has 0 aromatic carbocycles. The van der Waals surface area contributed by atoms with Crippen molar-refractivity contribution in [1.29, 1.82) is 0 Å². The molecule has 0 aliphatic rings. The number of nitrogens with zero attached hydrogens (tertiary/aromatic N) is 5. The van der Waals surface area contributed by atoms with Gasteiger partial charge in [-0.05, 0) is 24.2 Å². The topological polar surface area (TPSA) is 76.7 Å². The largest absolute Gasteiger partial charge is 0.388 e. The first-order valence-corrected chi connectivity index (χ1v) is 7.81. The van der Waals surface area contributed by atoms with Crippen LogP contribution in [0.25, 0.3) is 0 Å². The second-order valence-corrected chi connectivity index (χ2v) is 6.77. The Balaban J connectivity index is 2.28. The molecule has 0 fully saturated rings. The van der Waals surface area contributed by atoms with Crippen molar-refractivity contribution in [2.24, 2.45) is 0 Å². The van der Waals surface area contributed by atoms with E-state index in [1.54, 1.807) is 6.20 Å². The summed E-state index contributed by atoms with van der Waals surface area (Å²) in [5, 5.41) is 19.1. The number of hydrogen-bond acceptors (Lipinski definition) is 6. The van der Waals surface area contributed by atoms with Crippen LogP contribution >= 0.6 is 11.8 Å². The highest BCUT2D eigenvalue weighted by atomic mass is 32.2. The van der Waals surface area contributed by atoms with Gasteiger partial charge in [0, 0.05) is 18.2 Å². The van der Waals surface area contributed by atoms with Crippen molar-refractivity contribution in [2.75, 3.05) is 0 Å². The Bertz CT molecular complexity index is 606. The molecule has 114 valence electrons. The minimum absolute atomic E-state index is 0.0933. The number of aliphatic hydroxyl groups is 1. The standard InChI is InChI=1S/C14H21N5OS/c1-5-8-19-10(9-20)17-18-13(19)21-11-6-7-15-12(16-11)14(2,3)4/h6-7,20H,5,8-9H2,1-4H3. The molecule has 7 heteroatoms. The van der Waals surface area contributed by atoms with E-state index in [4.69, 9.17) is 0 Å². The van der Waals surface area contributed by atoms with Crippen LogP contribution in [0.4, 0.5) is 0 Å². The van der Waals surface area contributed by atoms with E-state index in [0.717, 1.165) is 29.0 Å². The summed E-state index contributed by atoms with van der Waals surface area (Å²) in [7, 11) is 0. The van der Waals surface area contributed by atoms with Gasteiger partial charge in [-0.15, -0.1) is 10.2 Å². The van der Waals surface area contributed by atoms with Crippen LogP contribution in [0, 0.1) is 0 Å². The maximum absolute atomic E-state index is 9.32. The monoisotopic (exact) mass is 307 g/mol. The fraction of sp³-hybridized carbons (Fsp3) is 0.571. The minimum Gasteiger partial charge on any atom is -0.388 e. The van der Waals surface area contributed by atoms with Crippen LogP contribution in [0.5, 0.6) is 0 Å². The van der Waals surface area contributed by atoms with Gasteiger partial charge in [0.25, 0.3) is 0 Å². The molecule has 0 atom stereocenters. The van der Waals surface area contributed by atoms with Gasteiger partial charge in [-0.25, -0.2) is 9.97 Å². The molecule has 6 nitrogen and oxygen atoms in total. The summed E-state index contributed by atoms with van der Waals surface area (Å²) >= 11 is 1.45. The molecule has 2 aromatic heterocycles. The molecule has 0 spiro atoms. The Labute approximate surface area is 129 Å². The van der Waals surface area contributed by atoms with Crippen molar-refractivity contribution >= 4 is 11.8 Å². The fourth-order valence-electron chi connectivity index (χ4n) is 1.81. The van der Waals surface area contributed by atoms with Crippen LogP contribution in [-0.2, 0) is 18.6 Å². The summed E-state index contributed by atoms with van der Waals surface area (Å²) < 4.78 is 1.93. The van der Waals surface area contributed by atoms with Crippen molar-refractivity contribution in [3.63, 3.8) is 0 Å². The Hall–Kier alpha value is -1.47. The van der Waals surface area contributed by atoms with E-state index < -0.39 is 0 Å². The summed E-state index contributed by atoms with van der Waals surface area (Å²) in [5.74, 6) is 1.39. The third-order valence-electron chi connectivity index (χ3n) is 2.88. The third-order valence-corrected chi connectivity index (χ3v) is 3.80. The van der Waals surface area contributed by atoms with Crippen LogP contribution < -0.4 is 0 Å². The molecule has 0 saturated heterocycles. The summed E-state index contributed by atoms with van der Waals surface area (Å²) in [5.41, 5.74) is -0.0933. The normalized spacial score (nSPS) is 11.9. The highest BCUT2D eigenvalue weighted by Gasteiger charge is 2.19. The number of hydrogen-bond donors (Lipinski definition) is 1. The van der Waals surface area contributed by atoms with Gasteiger partial charge in [0.15, 0.2) is 11.0 Å². The van der Waals surface area contributed by atoms with Crippen LogP contribution in [0.15, 0.2) is 22.4 Å². The molecule has 0 radical (unpaired) electrons. The van der Waals surface area contributed by atoms with E-state index in [-0.39, 0.29) is 12.0 Å². The zero-order valence-electron chi connectivity index (χ0n) is 12.9. The van der Waals surface area contributed by atoms with E-state index in [9.17, 15) is 5.11 Å². The lowest BCUT2D eigenvalue weighted by molar-refractivity contribution is 0.263. The molecule has 21 heavy (non-hydrogen) atoms. The van der Waals surface area contributed by atoms with Crippen LogP contribution in [0.2, 0.25) is 0 Å². The van der Waals surface area contributed by atoms with Gasteiger partial charge in [-0.1, -0.05) is 27.7 Å². The number of aliphatic hydroxyl groups excluding tert-OH is 1. The van der Waals surface area contributed by atoms with Crippen molar-refractivity contribution in [3.05, 3.63) is 23.9 Å². The molecule has 1 N–H and O–H groups in total. The van der Waals surface area contributed by atoms with Gasteiger partial charge in [-0.2, -0.15) is 0 Å². The van der Waals surface area contributed by atoms with E-state index in [2.05, 4.69) is 47.9 Å². The predicted octanol–water partition coefficient (Wildman–Crippen LogP) is 2.42. The molecule has 0 amide bonds. The van der Waals surface area contributed by atoms with Gasteiger partial charge < -0.3 is 9.67 Å². The van der Waals surface area contributed by atoms with Crippen molar-refractivity contribution in [1.82, 2.24) is 24.7 Å². The SMILES string of the molecule is CCCn1c(CO)nnc1Sc1ccnc(C(C)(C)C)n1. The second-order valence-electron chi connectivity index (χ2n) is 5.78. The lowest BCUT2D eigenvalue weighted by atomic mass is 9.96. The molecule has 0 bridgehead atoms. The van der Waals surface area contributed by atoms with Crippen LogP contribution in [-0.4, -0.2) is 29.8 Å². The maximum Gasteiger partial charge on any atom is 0.197 e. The first kappa shape index (κ1) is 15.9. The van der Waals surface area contributed by atoms with E-state index in [1.807, 2.05) is 10.6 Å². The zero-order chi connectivity index (χ0) is 15.5. The average Bonchev–Trinajstić information content (AvgIpc) is 2.81. The van der Waals surface area contributed by atoms with E-state index in [1.165, 1.54) is 11.8 Å². The molecule has 0 aliphatic heterocycles. The molecular formula is C14H21N5OS. The molecule has 2 rings (SSSR count). The first-order valence-electron chi connectivity index (χ1n) is 7.00. The molecule has 2 heterocycles. The van der Waals surface area contributed by atoms with Crippen molar-refractivity contribution < 1.29 is 5.11 Å². The third kappa shape index (κ3) is 3.79. The van der Waals surface area contributed by atoms with Gasteiger partial charge in [0.2, 0.25) is 0 Å². The van der Waals surface area contributed by atoms with Gasteiger partial charge in [-0.3, -0.25) is 0 Å². The van der Waals surface area contributed by atoms with Gasteiger partial charge >= 0.3 is 0 Å². The Morgan fingerprint density at radius 1 is 1.29 bits per heavy atom. The first-order chi connectivity index (χ1) is 9.95. The average molecular weight is 307 g/mol. The Morgan fingerprint density at radius 3 is 2.67 bits per heavy atom. The predicted molar refractivity (Wildman–Crippen MR) is 81.1 cm³/mol. The molecule has 2 aromatic rings. The second kappa shape index (κ2) is 6.53.